The predicted molar refractivity (Wildman–Crippen MR) is 128 cm³/mol. The number of furan rings is 1. The smallest absolute Gasteiger partial charge is 0.144 e. The Morgan fingerprint density at radius 3 is 2.57 bits per heavy atom. The minimum atomic E-state index is 0.258. The molecule has 0 aliphatic heterocycles. The fraction of sp³-hybridized carbons (Fsp3) is 0.222. The summed E-state index contributed by atoms with van der Waals surface area (Å²) in [7, 11) is 2.42. The van der Waals surface area contributed by atoms with Crippen molar-refractivity contribution in [2.45, 2.75) is 37.4 Å². The quantitative estimate of drug-likeness (QED) is 0.318. The molecule has 3 heteroatoms. The molecule has 0 N–H and O–H groups in total. The minimum Gasteiger partial charge on any atom is -0.455 e. The zero-order chi connectivity index (χ0) is 20.1. The summed E-state index contributed by atoms with van der Waals surface area (Å²) in [5.74, 6) is 0. The Balaban J connectivity index is 1.57. The van der Waals surface area contributed by atoms with Gasteiger partial charge in [0.05, 0.1) is 5.69 Å². The number of hydrogen-bond donors (Lipinski definition) is 0. The molecule has 1 fully saturated rings. The lowest BCUT2D eigenvalue weighted by molar-refractivity contribution is 0.398. The van der Waals surface area contributed by atoms with Gasteiger partial charge < -0.3 is 4.42 Å². The van der Waals surface area contributed by atoms with Crippen molar-refractivity contribution in [2.75, 3.05) is 0 Å². The van der Waals surface area contributed by atoms with Crippen LogP contribution in [0.1, 0.15) is 37.7 Å². The molecule has 1 saturated carbocycles. The van der Waals surface area contributed by atoms with Gasteiger partial charge in [-0.3, -0.25) is 4.98 Å². The monoisotopic (exact) mass is 389 g/mol. The lowest BCUT2D eigenvalue weighted by atomic mass is 9.57. The molecular formula is C27H24BNO. The average molecular weight is 389 g/mol. The van der Waals surface area contributed by atoms with Crippen molar-refractivity contribution in [2.24, 2.45) is 0 Å². The molecular weight excluding hydrogens is 365 g/mol. The predicted octanol–water partition coefficient (Wildman–Crippen LogP) is 6.59. The third-order valence-corrected chi connectivity index (χ3v) is 7.08. The van der Waals surface area contributed by atoms with Crippen LogP contribution < -0.4 is 0 Å². The highest BCUT2D eigenvalue weighted by atomic mass is 16.3. The maximum absolute atomic E-state index is 6.42. The van der Waals surface area contributed by atoms with E-state index in [1.54, 1.807) is 0 Å². The summed E-state index contributed by atoms with van der Waals surface area (Å²) in [6.07, 6.45) is 8.50. The number of aromatic nitrogens is 1. The van der Waals surface area contributed by atoms with E-state index < -0.39 is 0 Å². The first kappa shape index (κ1) is 17.8. The van der Waals surface area contributed by atoms with Gasteiger partial charge in [-0.1, -0.05) is 74.6 Å². The average Bonchev–Trinajstić information content (AvgIpc) is 3.19. The van der Waals surface area contributed by atoms with Crippen molar-refractivity contribution in [1.29, 1.82) is 0 Å². The van der Waals surface area contributed by atoms with Gasteiger partial charge in [0.2, 0.25) is 0 Å². The van der Waals surface area contributed by atoms with E-state index in [1.807, 2.05) is 6.20 Å². The Labute approximate surface area is 177 Å². The Hall–Kier alpha value is -3.07. The van der Waals surface area contributed by atoms with E-state index in [1.165, 1.54) is 53.8 Å². The summed E-state index contributed by atoms with van der Waals surface area (Å²) in [5, 5.41) is 5.09. The van der Waals surface area contributed by atoms with Crippen LogP contribution in [0.25, 0.3) is 44.0 Å². The Morgan fingerprint density at radius 1 is 0.833 bits per heavy atom. The van der Waals surface area contributed by atoms with Crippen molar-refractivity contribution in [3.05, 3.63) is 78.5 Å². The second-order valence-corrected chi connectivity index (χ2v) is 9.00. The van der Waals surface area contributed by atoms with Gasteiger partial charge in [-0.2, -0.15) is 0 Å². The van der Waals surface area contributed by atoms with E-state index in [2.05, 4.69) is 74.6 Å². The van der Waals surface area contributed by atoms with Crippen LogP contribution in [0.2, 0.25) is 0 Å². The van der Waals surface area contributed by atoms with E-state index in [0.717, 1.165) is 27.8 Å². The molecule has 1 aliphatic carbocycles. The highest BCUT2D eigenvalue weighted by Crippen LogP contribution is 2.41. The van der Waals surface area contributed by atoms with Crippen LogP contribution >= 0.6 is 0 Å². The van der Waals surface area contributed by atoms with Crippen molar-refractivity contribution < 1.29 is 4.42 Å². The first-order valence-electron chi connectivity index (χ1n) is 11.0. The van der Waals surface area contributed by atoms with Crippen LogP contribution in [0.3, 0.4) is 0 Å². The molecule has 0 unspecified atom stereocenters. The van der Waals surface area contributed by atoms with Gasteiger partial charge in [-0.05, 0) is 45.9 Å². The molecule has 0 spiro atoms. The minimum absolute atomic E-state index is 0.258. The Kier molecular flexibility index (Phi) is 3.99. The topological polar surface area (TPSA) is 26.0 Å². The number of nitrogens with zero attached hydrogens (tertiary/aromatic N) is 1. The summed E-state index contributed by atoms with van der Waals surface area (Å²) >= 11 is 0. The largest absolute Gasteiger partial charge is 0.455 e. The van der Waals surface area contributed by atoms with Gasteiger partial charge in [0, 0.05) is 22.5 Å². The Bertz CT molecular complexity index is 1390. The molecule has 0 amide bonds. The first-order chi connectivity index (χ1) is 14.7. The molecule has 1 aliphatic rings. The summed E-state index contributed by atoms with van der Waals surface area (Å²) in [5.41, 5.74) is 5.36. The second kappa shape index (κ2) is 6.73. The second-order valence-electron chi connectivity index (χ2n) is 9.00. The van der Waals surface area contributed by atoms with Crippen LogP contribution in [0.15, 0.2) is 77.3 Å². The lowest BCUT2D eigenvalue weighted by Gasteiger charge is -2.34. The van der Waals surface area contributed by atoms with Crippen LogP contribution in [0, 0.1) is 0 Å². The van der Waals surface area contributed by atoms with Gasteiger partial charge in [-0.25, -0.2) is 0 Å². The maximum atomic E-state index is 6.42. The zero-order valence-electron chi connectivity index (χ0n) is 17.3. The van der Waals surface area contributed by atoms with E-state index in [9.17, 15) is 0 Å². The number of fused-ring (bicyclic) bond motifs is 5. The van der Waals surface area contributed by atoms with Gasteiger partial charge in [0.1, 0.15) is 19.0 Å². The van der Waals surface area contributed by atoms with Gasteiger partial charge >= 0.3 is 0 Å². The molecule has 0 bridgehead atoms. The molecule has 30 heavy (non-hydrogen) atoms. The molecule has 146 valence electrons. The molecule has 6 rings (SSSR count). The van der Waals surface area contributed by atoms with Crippen molar-refractivity contribution in [1.82, 2.24) is 4.98 Å². The summed E-state index contributed by atoms with van der Waals surface area (Å²) in [4.78, 5) is 4.76. The van der Waals surface area contributed by atoms with Crippen molar-refractivity contribution in [3.63, 3.8) is 0 Å². The van der Waals surface area contributed by atoms with Gasteiger partial charge in [0.15, 0.2) is 0 Å². The van der Waals surface area contributed by atoms with E-state index in [0.29, 0.717) is 0 Å². The lowest BCUT2D eigenvalue weighted by Crippen LogP contribution is -2.29. The number of pyridine rings is 1. The number of rotatable bonds is 2. The summed E-state index contributed by atoms with van der Waals surface area (Å²) < 4.78 is 6.42. The highest BCUT2D eigenvalue weighted by molar-refractivity contribution is 6.20. The SMILES string of the molecule is BC1(c2ccnc(-c3cccc4c3oc3ccc5ccccc5c34)c2)CCCCC1. The van der Waals surface area contributed by atoms with Crippen LogP contribution in [-0.4, -0.2) is 12.8 Å². The number of hydrogen-bond acceptors (Lipinski definition) is 2. The zero-order valence-corrected chi connectivity index (χ0v) is 17.3. The summed E-state index contributed by atoms with van der Waals surface area (Å²) in [6, 6.07) is 23.7. The molecule has 2 nitrogen and oxygen atoms in total. The number of benzene rings is 3. The summed E-state index contributed by atoms with van der Waals surface area (Å²) in [6.45, 7) is 0. The molecule has 0 saturated heterocycles. The molecule has 2 aromatic heterocycles. The first-order valence-corrected chi connectivity index (χ1v) is 11.0. The van der Waals surface area contributed by atoms with Crippen molar-refractivity contribution >= 4 is 40.6 Å². The molecule has 2 heterocycles. The van der Waals surface area contributed by atoms with E-state index in [4.69, 9.17) is 9.40 Å². The van der Waals surface area contributed by atoms with Crippen LogP contribution in [-0.2, 0) is 5.31 Å². The fourth-order valence-electron chi connectivity index (χ4n) is 5.34. The third-order valence-electron chi connectivity index (χ3n) is 7.08. The van der Waals surface area contributed by atoms with Crippen LogP contribution in [0.5, 0.6) is 0 Å². The maximum Gasteiger partial charge on any atom is 0.144 e. The van der Waals surface area contributed by atoms with Gasteiger partial charge in [-0.15, -0.1) is 0 Å². The Morgan fingerprint density at radius 2 is 1.67 bits per heavy atom. The van der Waals surface area contributed by atoms with Gasteiger partial charge in [0.25, 0.3) is 0 Å². The normalized spacial score (nSPS) is 16.4. The molecule has 0 atom stereocenters. The molecule has 5 aromatic rings. The molecule has 0 radical (unpaired) electrons. The fourth-order valence-corrected chi connectivity index (χ4v) is 5.34. The van der Waals surface area contributed by atoms with Crippen molar-refractivity contribution in [3.8, 4) is 11.3 Å². The molecule has 3 aromatic carbocycles. The van der Waals surface area contributed by atoms with E-state index in [-0.39, 0.29) is 5.31 Å². The third kappa shape index (κ3) is 2.69. The van der Waals surface area contributed by atoms with E-state index >= 15 is 0 Å². The van der Waals surface area contributed by atoms with Crippen LogP contribution in [0.4, 0.5) is 0 Å². The standard InChI is InChI=1S/C27H24BNO/c28-27(14-4-1-5-15-27)19-13-16-29-23(17-19)21-9-6-10-22-25-20-8-3-2-7-18(20)11-12-24(25)30-26(21)22/h2-3,6-13,16-17H,1,4-5,14-15,28H2. The number of para-hydroxylation sites is 1. The highest BCUT2D eigenvalue weighted by Gasteiger charge is 2.29.